The number of hydrogen-bond donors (Lipinski definition) is 2. The number of methoxy groups -OCH3 is 1. The van der Waals surface area contributed by atoms with E-state index in [0.29, 0.717) is 5.69 Å². The summed E-state index contributed by atoms with van der Waals surface area (Å²) in [6.07, 6.45) is 1.53. The zero-order valence-corrected chi connectivity index (χ0v) is 10.2. The predicted molar refractivity (Wildman–Crippen MR) is 69.6 cm³/mol. The average molecular weight is 261 g/mol. The smallest absolute Gasteiger partial charge is 0.258 e. The molecular formula is C13H12FN3O2. The maximum Gasteiger partial charge on any atom is 0.258 e. The fourth-order valence-electron chi connectivity index (χ4n) is 1.57. The highest BCUT2D eigenvalue weighted by molar-refractivity contribution is 6.08. The summed E-state index contributed by atoms with van der Waals surface area (Å²) in [6, 6.07) is 7.32. The molecule has 0 aliphatic heterocycles. The number of para-hydroxylation sites is 1. The van der Waals surface area contributed by atoms with Crippen molar-refractivity contribution in [1.29, 1.82) is 0 Å². The molecule has 5 nitrogen and oxygen atoms in total. The van der Waals surface area contributed by atoms with Crippen LogP contribution in [0.2, 0.25) is 0 Å². The monoisotopic (exact) mass is 261 g/mol. The summed E-state index contributed by atoms with van der Waals surface area (Å²) in [5, 5.41) is 2.57. The van der Waals surface area contributed by atoms with E-state index in [-0.39, 0.29) is 17.1 Å². The van der Waals surface area contributed by atoms with Gasteiger partial charge in [-0.1, -0.05) is 6.07 Å². The molecule has 0 radical (unpaired) electrons. The van der Waals surface area contributed by atoms with Gasteiger partial charge in [0.05, 0.1) is 18.4 Å². The summed E-state index contributed by atoms with van der Waals surface area (Å²) in [7, 11) is 1.44. The van der Waals surface area contributed by atoms with Crippen molar-refractivity contribution >= 4 is 17.3 Å². The molecule has 0 saturated heterocycles. The number of ether oxygens (including phenoxy) is 1. The predicted octanol–water partition coefficient (Wildman–Crippen LogP) is 2.06. The number of anilines is 2. The molecule has 1 aromatic carbocycles. The van der Waals surface area contributed by atoms with Crippen LogP contribution in [0.1, 0.15) is 10.4 Å². The number of halogens is 1. The van der Waals surface area contributed by atoms with E-state index in [1.807, 2.05) is 0 Å². The van der Waals surface area contributed by atoms with E-state index in [1.165, 1.54) is 31.5 Å². The quantitative estimate of drug-likeness (QED) is 0.829. The normalized spacial score (nSPS) is 10.0. The van der Waals surface area contributed by atoms with Crippen molar-refractivity contribution in [2.24, 2.45) is 0 Å². The van der Waals surface area contributed by atoms with Gasteiger partial charge in [-0.15, -0.1) is 0 Å². The second-order valence-electron chi connectivity index (χ2n) is 3.72. The van der Waals surface area contributed by atoms with Gasteiger partial charge in [-0.05, 0) is 24.3 Å². The largest absolute Gasteiger partial charge is 0.480 e. The van der Waals surface area contributed by atoms with E-state index in [2.05, 4.69) is 10.3 Å². The van der Waals surface area contributed by atoms with E-state index >= 15 is 0 Å². The minimum atomic E-state index is -0.634. The van der Waals surface area contributed by atoms with Crippen molar-refractivity contribution in [2.75, 3.05) is 18.2 Å². The van der Waals surface area contributed by atoms with Crippen LogP contribution in [-0.4, -0.2) is 18.0 Å². The number of carbonyl (C=O) groups excluding carboxylic acids is 1. The lowest BCUT2D eigenvalue weighted by Crippen LogP contribution is -2.15. The van der Waals surface area contributed by atoms with Crippen molar-refractivity contribution in [2.45, 2.75) is 0 Å². The number of amides is 1. The van der Waals surface area contributed by atoms with Gasteiger partial charge >= 0.3 is 0 Å². The van der Waals surface area contributed by atoms with Crippen LogP contribution in [0.15, 0.2) is 36.5 Å². The molecule has 0 atom stereocenters. The summed E-state index contributed by atoms with van der Waals surface area (Å²) < 4.78 is 18.3. The van der Waals surface area contributed by atoms with Crippen LogP contribution in [0, 0.1) is 5.82 Å². The van der Waals surface area contributed by atoms with Gasteiger partial charge in [-0.25, -0.2) is 9.37 Å². The van der Waals surface area contributed by atoms with Crippen LogP contribution in [0.5, 0.6) is 5.88 Å². The standard InChI is InChI=1S/C13H12FN3O2/c1-19-13-10(6-3-7-16-13)17-12(18)8-4-2-5-9(14)11(8)15/h2-7H,15H2,1H3,(H,17,18). The van der Waals surface area contributed by atoms with Crippen molar-refractivity contribution in [3.63, 3.8) is 0 Å². The Kier molecular flexibility index (Phi) is 3.61. The molecule has 0 aliphatic rings. The van der Waals surface area contributed by atoms with E-state index in [4.69, 9.17) is 10.5 Å². The van der Waals surface area contributed by atoms with Gasteiger partial charge in [-0.3, -0.25) is 4.79 Å². The first-order valence-electron chi connectivity index (χ1n) is 5.48. The third-order valence-electron chi connectivity index (χ3n) is 2.51. The van der Waals surface area contributed by atoms with Crippen LogP contribution >= 0.6 is 0 Å². The molecule has 1 amide bonds. The Morgan fingerprint density at radius 2 is 2.16 bits per heavy atom. The summed E-state index contributed by atoms with van der Waals surface area (Å²) in [6.45, 7) is 0. The first kappa shape index (κ1) is 12.8. The lowest BCUT2D eigenvalue weighted by molar-refractivity contribution is 0.102. The van der Waals surface area contributed by atoms with Crippen LogP contribution in [-0.2, 0) is 0 Å². The van der Waals surface area contributed by atoms with Gasteiger partial charge in [0.25, 0.3) is 5.91 Å². The highest BCUT2D eigenvalue weighted by Gasteiger charge is 2.14. The minimum absolute atomic E-state index is 0.0610. The highest BCUT2D eigenvalue weighted by Crippen LogP contribution is 2.22. The molecule has 0 fully saturated rings. The minimum Gasteiger partial charge on any atom is -0.480 e. The number of nitrogens with zero attached hydrogens (tertiary/aromatic N) is 1. The zero-order valence-electron chi connectivity index (χ0n) is 10.2. The molecule has 3 N–H and O–H groups in total. The molecule has 2 aromatic rings. The molecule has 0 aliphatic carbocycles. The fraction of sp³-hybridized carbons (Fsp3) is 0.0769. The Morgan fingerprint density at radius 1 is 1.37 bits per heavy atom. The van der Waals surface area contributed by atoms with Gasteiger partial charge in [-0.2, -0.15) is 0 Å². The molecule has 19 heavy (non-hydrogen) atoms. The van der Waals surface area contributed by atoms with E-state index in [0.717, 1.165) is 0 Å². The maximum absolute atomic E-state index is 13.3. The fourth-order valence-corrected chi connectivity index (χ4v) is 1.57. The molecule has 6 heteroatoms. The first-order valence-corrected chi connectivity index (χ1v) is 5.48. The number of aromatic nitrogens is 1. The van der Waals surface area contributed by atoms with Gasteiger partial charge in [0, 0.05) is 6.20 Å². The number of carbonyl (C=O) groups is 1. The Balaban J connectivity index is 2.28. The second-order valence-corrected chi connectivity index (χ2v) is 3.72. The second kappa shape index (κ2) is 5.34. The summed E-state index contributed by atoms with van der Waals surface area (Å²) in [4.78, 5) is 16.0. The van der Waals surface area contributed by atoms with Gasteiger partial charge in [0.1, 0.15) is 11.5 Å². The molecule has 1 heterocycles. The lowest BCUT2D eigenvalue weighted by Gasteiger charge is -2.10. The first-order chi connectivity index (χ1) is 9.13. The van der Waals surface area contributed by atoms with E-state index < -0.39 is 11.7 Å². The Morgan fingerprint density at radius 3 is 2.89 bits per heavy atom. The highest BCUT2D eigenvalue weighted by atomic mass is 19.1. The molecular weight excluding hydrogens is 249 g/mol. The number of nitrogen functional groups attached to an aromatic ring is 1. The van der Waals surface area contributed by atoms with Crippen LogP contribution in [0.3, 0.4) is 0 Å². The van der Waals surface area contributed by atoms with Crippen molar-refractivity contribution < 1.29 is 13.9 Å². The third-order valence-corrected chi connectivity index (χ3v) is 2.51. The molecule has 1 aromatic heterocycles. The maximum atomic E-state index is 13.3. The Bertz CT molecular complexity index is 617. The van der Waals surface area contributed by atoms with E-state index in [1.54, 1.807) is 12.1 Å². The number of nitrogens with two attached hydrogens (primary N) is 1. The van der Waals surface area contributed by atoms with Crippen molar-refractivity contribution in [3.05, 3.63) is 47.9 Å². The van der Waals surface area contributed by atoms with Crippen LogP contribution < -0.4 is 15.8 Å². The molecule has 0 saturated carbocycles. The molecule has 98 valence electrons. The Labute approximate surface area is 109 Å². The number of rotatable bonds is 3. The van der Waals surface area contributed by atoms with Gasteiger partial charge < -0.3 is 15.8 Å². The van der Waals surface area contributed by atoms with Gasteiger partial charge in [0.15, 0.2) is 0 Å². The number of hydrogen-bond acceptors (Lipinski definition) is 4. The summed E-state index contributed by atoms with van der Waals surface area (Å²) >= 11 is 0. The van der Waals surface area contributed by atoms with Crippen LogP contribution in [0.25, 0.3) is 0 Å². The van der Waals surface area contributed by atoms with Crippen molar-refractivity contribution in [1.82, 2.24) is 4.98 Å². The number of pyridine rings is 1. The van der Waals surface area contributed by atoms with Crippen molar-refractivity contribution in [3.8, 4) is 5.88 Å². The van der Waals surface area contributed by atoms with E-state index in [9.17, 15) is 9.18 Å². The SMILES string of the molecule is COc1ncccc1NC(=O)c1cccc(F)c1N. The third kappa shape index (κ3) is 2.62. The average Bonchev–Trinajstić information content (AvgIpc) is 2.42. The number of nitrogens with one attached hydrogen (secondary N) is 1. The number of benzene rings is 1. The topological polar surface area (TPSA) is 77.2 Å². The summed E-state index contributed by atoms with van der Waals surface area (Å²) in [5.74, 6) is -0.889. The molecule has 0 unspecified atom stereocenters. The van der Waals surface area contributed by atoms with Crippen LogP contribution in [0.4, 0.5) is 15.8 Å². The summed E-state index contributed by atoms with van der Waals surface area (Å²) in [5.41, 5.74) is 5.78. The molecule has 2 rings (SSSR count). The zero-order chi connectivity index (χ0) is 13.8. The molecule has 0 spiro atoms. The molecule has 0 bridgehead atoms. The Hall–Kier alpha value is -2.63. The lowest BCUT2D eigenvalue weighted by atomic mass is 10.1. The van der Waals surface area contributed by atoms with Gasteiger partial charge in [0.2, 0.25) is 5.88 Å².